The molecule has 0 radical (unpaired) electrons. The van der Waals surface area contributed by atoms with E-state index in [9.17, 15) is 4.79 Å². The van der Waals surface area contributed by atoms with Crippen LogP contribution in [0.1, 0.15) is 44.0 Å². The summed E-state index contributed by atoms with van der Waals surface area (Å²) in [6.07, 6.45) is 5.50. The lowest BCUT2D eigenvalue weighted by atomic mass is 9.93. The van der Waals surface area contributed by atoms with Gasteiger partial charge in [0.1, 0.15) is 0 Å². The van der Waals surface area contributed by atoms with Crippen molar-refractivity contribution in [1.29, 1.82) is 0 Å². The minimum Gasteiger partial charge on any atom is -0.384 e. The predicted molar refractivity (Wildman–Crippen MR) is 77.3 cm³/mol. The maximum atomic E-state index is 12.6. The van der Waals surface area contributed by atoms with Gasteiger partial charge in [0, 0.05) is 32.0 Å². The molecule has 0 spiro atoms. The Hall–Kier alpha value is -1.58. The van der Waals surface area contributed by atoms with Gasteiger partial charge in [-0.1, -0.05) is 20.8 Å². The van der Waals surface area contributed by atoms with Gasteiger partial charge in [0.25, 0.3) is 5.91 Å². The third-order valence-corrected chi connectivity index (χ3v) is 3.58. The van der Waals surface area contributed by atoms with Crippen LogP contribution in [-0.4, -0.2) is 35.4 Å². The van der Waals surface area contributed by atoms with Gasteiger partial charge in [-0.2, -0.15) is 0 Å². The zero-order valence-corrected chi connectivity index (χ0v) is 12.1. The van der Waals surface area contributed by atoms with Gasteiger partial charge in [-0.3, -0.25) is 9.78 Å². The van der Waals surface area contributed by atoms with Gasteiger partial charge in [0.05, 0.1) is 11.3 Å². The van der Waals surface area contributed by atoms with E-state index in [1.807, 2.05) is 11.0 Å². The maximum absolute atomic E-state index is 12.6. The Balaban J connectivity index is 2.15. The van der Waals surface area contributed by atoms with E-state index in [4.69, 9.17) is 0 Å². The number of nitrogens with zero attached hydrogens (tertiary/aromatic N) is 2. The summed E-state index contributed by atoms with van der Waals surface area (Å²) in [5.41, 5.74) is 1.81. The van der Waals surface area contributed by atoms with Crippen LogP contribution >= 0.6 is 0 Å². The fourth-order valence-corrected chi connectivity index (χ4v) is 2.43. The lowest BCUT2D eigenvalue weighted by molar-refractivity contribution is 0.0779. The Morgan fingerprint density at radius 1 is 1.53 bits per heavy atom. The van der Waals surface area contributed by atoms with E-state index >= 15 is 0 Å². The van der Waals surface area contributed by atoms with E-state index in [0.29, 0.717) is 5.56 Å². The van der Waals surface area contributed by atoms with Crippen LogP contribution in [0.4, 0.5) is 5.69 Å². The van der Waals surface area contributed by atoms with Crippen LogP contribution in [0.15, 0.2) is 18.5 Å². The Morgan fingerprint density at radius 3 is 2.95 bits per heavy atom. The molecule has 0 saturated carbocycles. The highest BCUT2D eigenvalue weighted by molar-refractivity contribution is 5.99. The second kappa shape index (κ2) is 5.59. The molecule has 0 atom stereocenters. The summed E-state index contributed by atoms with van der Waals surface area (Å²) in [6, 6.07) is 1.88. The van der Waals surface area contributed by atoms with Crippen molar-refractivity contribution in [3.05, 3.63) is 24.0 Å². The molecule has 1 aromatic rings. The number of nitrogens with one attached hydrogen (secondary N) is 1. The smallest absolute Gasteiger partial charge is 0.257 e. The molecule has 1 aliphatic rings. The fourth-order valence-electron chi connectivity index (χ4n) is 2.43. The van der Waals surface area contributed by atoms with Crippen LogP contribution in [0.3, 0.4) is 0 Å². The van der Waals surface area contributed by atoms with Crippen LogP contribution in [0, 0.1) is 5.41 Å². The highest BCUT2D eigenvalue weighted by Gasteiger charge is 2.33. The standard InChI is InChI=1S/C15H23N3O/c1-4-7-17-13-5-8-16-10-12(13)14(19)18-9-6-15(2,3)11-18/h5,8,10H,4,6-7,9,11H2,1-3H3,(H,16,17). The average molecular weight is 261 g/mol. The molecule has 1 N–H and O–H groups in total. The highest BCUT2D eigenvalue weighted by atomic mass is 16.2. The summed E-state index contributed by atoms with van der Waals surface area (Å²) in [6.45, 7) is 9.07. The molecule has 19 heavy (non-hydrogen) atoms. The molecule has 4 nitrogen and oxygen atoms in total. The van der Waals surface area contributed by atoms with Gasteiger partial charge in [-0.15, -0.1) is 0 Å². The Morgan fingerprint density at radius 2 is 2.32 bits per heavy atom. The van der Waals surface area contributed by atoms with E-state index in [1.54, 1.807) is 12.4 Å². The first-order valence-electron chi connectivity index (χ1n) is 7.01. The first-order chi connectivity index (χ1) is 9.03. The molecule has 1 fully saturated rings. The lowest BCUT2D eigenvalue weighted by Crippen LogP contribution is -2.31. The minimum absolute atomic E-state index is 0.0947. The van der Waals surface area contributed by atoms with E-state index in [2.05, 4.69) is 31.1 Å². The number of amides is 1. The van der Waals surface area contributed by atoms with E-state index in [1.165, 1.54) is 0 Å². The second-order valence-corrected chi connectivity index (χ2v) is 5.99. The highest BCUT2D eigenvalue weighted by Crippen LogP contribution is 2.30. The van der Waals surface area contributed by atoms with Gasteiger partial charge in [-0.25, -0.2) is 0 Å². The number of hydrogen-bond donors (Lipinski definition) is 1. The molecule has 1 aromatic heterocycles. The molecule has 0 aromatic carbocycles. The van der Waals surface area contributed by atoms with E-state index < -0.39 is 0 Å². The number of rotatable bonds is 4. The normalized spacial score (nSPS) is 17.5. The van der Waals surface area contributed by atoms with Crippen molar-refractivity contribution in [2.24, 2.45) is 5.41 Å². The van der Waals surface area contributed by atoms with Crippen LogP contribution in [0.2, 0.25) is 0 Å². The van der Waals surface area contributed by atoms with Crippen LogP contribution in [0.25, 0.3) is 0 Å². The summed E-state index contributed by atoms with van der Waals surface area (Å²) >= 11 is 0. The lowest BCUT2D eigenvalue weighted by Gasteiger charge is -2.21. The van der Waals surface area contributed by atoms with Crippen molar-refractivity contribution < 1.29 is 4.79 Å². The zero-order valence-electron chi connectivity index (χ0n) is 12.1. The first kappa shape index (κ1) is 13.8. The molecule has 0 unspecified atom stereocenters. The fraction of sp³-hybridized carbons (Fsp3) is 0.600. The number of pyridine rings is 1. The van der Waals surface area contributed by atoms with Crippen LogP contribution in [0.5, 0.6) is 0 Å². The number of anilines is 1. The van der Waals surface area contributed by atoms with E-state index in [-0.39, 0.29) is 11.3 Å². The molecule has 0 aliphatic carbocycles. The zero-order chi connectivity index (χ0) is 13.9. The molecule has 1 saturated heterocycles. The molecule has 4 heteroatoms. The molecule has 0 bridgehead atoms. The van der Waals surface area contributed by atoms with Crippen molar-refractivity contribution in [2.75, 3.05) is 25.0 Å². The summed E-state index contributed by atoms with van der Waals surface area (Å²) in [5, 5.41) is 3.30. The topological polar surface area (TPSA) is 45.2 Å². The van der Waals surface area contributed by atoms with Crippen LogP contribution in [-0.2, 0) is 0 Å². The predicted octanol–water partition coefficient (Wildman–Crippen LogP) is 2.78. The summed E-state index contributed by atoms with van der Waals surface area (Å²) in [4.78, 5) is 18.6. The number of hydrogen-bond acceptors (Lipinski definition) is 3. The average Bonchev–Trinajstić information content (AvgIpc) is 2.76. The van der Waals surface area contributed by atoms with Gasteiger partial charge in [-0.05, 0) is 24.3 Å². The Labute approximate surface area is 115 Å². The van der Waals surface area contributed by atoms with Gasteiger partial charge < -0.3 is 10.2 Å². The molecular weight excluding hydrogens is 238 g/mol. The van der Waals surface area contributed by atoms with Crippen molar-refractivity contribution in [1.82, 2.24) is 9.88 Å². The molecule has 1 aliphatic heterocycles. The SMILES string of the molecule is CCCNc1ccncc1C(=O)N1CCC(C)(C)C1. The number of carbonyl (C=O) groups excluding carboxylic acids is 1. The second-order valence-electron chi connectivity index (χ2n) is 5.99. The minimum atomic E-state index is 0.0947. The summed E-state index contributed by atoms with van der Waals surface area (Å²) in [5.74, 6) is 0.0947. The van der Waals surface area contributed by atoms with Crippen LogP contribution < -0.4 is 5.32 Å². The largest absolute Gasteiger partial charge is 0.384 e. The van der Waals surface area contributed by atoms with Crippen molar-refractivity contribution in [3.8, 4) is 0 Å². The van der Waals surface area contributed by atoms with Gasteiger partial charge >= 0.3 is 0 Å². The molecule has 104 valence electrons. The quantitative estimate of drug-likeness (QED) is 0.906. The Kier molecular flexibility index (Phi) is 4.08. The third-order valence-electron chi connectivity index (χ3n) is 3.58. The molecule has 2 heterocycles. The summed E-state index contributed by atoms with van der Waals surface area (Å²) in [7, 11) is 0. The van der Waals surface area contributed by atoms with Gasteiger partial charge in [0.15, 0.2) is 0 Å². The number of likely N-dealkylation sites (tertiary alicyclic amines) is 1. The Bertz CT molecular complexity index is 456. The third kappa shape index (κ3) is 3.25. The van der Waals surface area contributed by atoms with Crippen molar-refractivity contribution in [3.63, 3.8) is 0 Å². The van der Waals surface area contributed by atoms with Gasteiger partial charge in [0.2, 0.25) is 0 Å². The summed E-state index contributed by atoms with van der Waals surface area (Å²) < 4.78 is 0. The maximum Gasteiger partial charge on any atom is 0.257 e. The first-order valence-corrected chi connectivity index (χ1v) is 7.01. The van der Waals surface area contributed by atoms with E-state index in [0.717, 1.165) is 38.2 Å². The van der Waals surface area contributed by atoms with Crippen molar-refractivity contribution >= 4 is 11.6 Å². The molecule has 2 rings (SSSR count). The number of aromatic nitrogens is 1. The molecule has 1 amide bonds. The monoisotopic (exact) mass is 261 g/mol. The molecular formula is C15H23N3O. The van der Waals surface area contributed by atoms with Crippen molar-refractivity contribution in [2.45, 2.75) is 33.6 Å². The number of carbonyl (C=O) groups is 1.